The third kappa shape index (κ3) is 1.43. The second kappa shape index (κ2) is 2.76. The first-order valence-electron chi connectivity index (χ1n) is 4.89. The maximum Gasteiger partial charge on any atom is 0.129 e. The Bertz CT molecular complexity index is 306. The monoisotopic (exact) mass is 179 g/mol. The van der Waals surface area contributed by atoms with Crippen LogP contribution >= 0.6 is 0 Å². The molecular formula is C10H17N3. The van der Waals surface area contributed by atoms with Crippen molar-refractivity contribution in [2.24, 2.45) is 0 Å². The van der Waals surface area contributed by atoms with Crippen molar-refractivity contribution in [3.63, 3.8) is 0 Å². The number of hydrogen-bond donors (Lipinski definition) is 1. The lowest BCUT2D eigenvalue weighted by Crippen LogP contribution is -2.25. The maximum atomic E-state index is 4.42. The van der Waals surface area contributed by atoms with Crippen LogP contribution in [0.3, 0.4) is 0 Å². The number of nitrogens with one attached hydrogen (secondary N) is 1. The summed E-state index contributed by atoms with van der Waals surface area (Å²) in [5.41, 5.74) is 1.35. The van der Waals surface area contributed by atoms with Crippen LogP contribution in [0.5, 0.6) is 0 Å². The summed E-state index contributed by atoms with van der Waals surface area (Å²) in [4.78, 5) is 4.42. The van der Waals surface area contributed by atoms with Gasteiger partial charge in [-0.1, -0.05) is 0 Å². The molecule has 1 aliphatic heterocycles. The molecule has 0 unspecified atom stereocenters. The van der Waals surface area contributed by atoms with Crippen molar-refractivity contribution in [1.82, 2.24) is 9.55 Å². The lowest BCUT2D eigenvalue weighted by atomic mass is 10.1. The third-order valence-corrected chi connectivity index (χ3v) is 2.45. The summed E-state index contributed by atoms with van der Waals surface area (Å²) in [5.74, 6) is 1.22. The molecule has 0 atom stereocenters. The van der Waals surface area contributed by atoms with Crippen LogP contribution < -0.4 is 5.32 Å². The van der Waals surface area contributed by atoms with E-state index in [2.05, 4.69) is 35.6 Å². The van der Waals surface area contributed by atoms with Crippen molar-refractivity contribution < 1.29 is 0 Å². The molecule has 2 heterocycles. The summed E-state index contributed by atoms with van der Waals surface area (Å²) >= 11 is 0. The van der Waals surface area contributed by atoms with Gasteiger partial charge in [-0.25, -0.2) is 4.98 Å². The summed E-state index contributed by atoms with van der Waals surface area (Å²) in [6.45, 7) is 7.68. The Morgan fingerprint density at radius 2 is 2.23 bits per heavy atom. The predicted molar refractivity (Wildman–Crippen MR) is 54.0 cm³/mol. The van der Waals surface area contributed by atoms with Crippen LogP contribution in [0.1, 0.15) is 32.9 Å². The predicted octanol–water partition coefficient (Wildman–Crippen LogP) is 2.00. The number of aromatic nitrogens is 2. The number of rotatable bonds is 0. The first-order chi connectivity index (χ1) is 6.09. The number of hydrogen-bond acceptors (Lipinski definition) is 2. The topological polar surface area (TPSA) is 29.9 Å². The van der Waals surface area contributed by atoms with E-state index in [0.717, 1.165) is 13.0 Å². The molecule has 2 rings (SSSR count). The Morgan fingerprint density at radius 1 is 1.46 bits per heavy atom. The van der Waals surface area contributed by atoms with Crippen LogP contribution in [0.15, 0.2) is 6.33 Å². The number of fused-ring (bicyclic) bond motifs is 1. The van der Waals surface area contributed by atoms with Crippen LogP contribution in [0.2, 0.25) is 0 Å². The molecule has 1 aromatic heterocycles. The van der Waals surface area contributed by atoms with Gasteiger partial charge in [-0.3, -0.25) is 0 Å². The van der Waals surface area contributed by atoms with E-state index in [-0.39, 0.29) is 5.54 Å². The summed E-state index contributed by atoms with van der Waals surface area (Å²) in [6, 6.07) is 0. The van der Waals surface area contributed by atoms with Crippen molar-refractivity contribution in [2.45, 2.75) is 39.2 Å². The molecule has 13 heavy (non-hydrogen) atoms. The Labute approximate surface area is 79.2 Å². The summed E-state index contributed by atoms with van der Waals surface area (Å²) in [5, 5.41) is 3.42. The van der Waals surface area contributed by atoms with Gasteiger partial charge in [0.05, 0.1) is 12.0 Å². The third-order valence-electron chi connectivity index (χ3n) is 2.45. The van der Waals surface area contributed by atoms with Crippen molar-refractivity contribution in [3.05, 3.63) is 12.0 Å². The maximum absolute atomic E-state index is 4.42. The lowest BCUT2D eigenvalue weighted by Gasteiger charge is -2.25. The number of aryl methyl sites for hydroxylation is 1. The van der Waals surface area contributed by atoms with E-state index in [1.54, 1.807) is 0 Å². The highest BCUT2D eigenvalue weighted by molar-refractivity contribution is 5.44. The van der Waals surface area contributed by atoms with Crippen molar-refractivity contribution in [2.75, 3.05) is 11.9 Å². The molecule has 1 N–H and O–H groups in total. The fraction of sp³-hybridized carbons (Fsp3) is 0.700. The standard InChI is InChI=1S/C10H17N3/c1-10(2,3)13-7-12-8-5-4-6-11-9(8)13/h7,11H,4-6H2,1-3H3. The highest BCUT2D eigenvalue weighted by Gasteiger charge is 2.21. The smallest absolute Gasteiger partial charge is 0.129 e. The summed E-state index contributed by atoms with van der Waals surface area (Å²) in [6.07, 6.45) is 4.27. The highest BCUT2D eigenvalue weighted by Crippen LogP contribution is 2.26. The SMILES string of the molecule is CC(C)(C)n1cnc2c1NCCC2. The molecular weight excluding hydrogens is 162 g/mol. The van der Waals surface area contributed by atoms with Gasteiger partial charge in [-0.2, -0.15) is 0 Å². The molecule has 3 heteroatoms. The van der Waals surface area contributed by atoms with Crippen molar-refractivity contribution in [1.29, 1.82) is 0 Å². The van der Waals surface area contributed by atoms with E-state index >= 15 is 0 Å². The zero-order valence-electron chi connectivity index (χ0n) is 8.59. The second-order valence-corrected chi connectivity index (χ2v) is 4.61. The fourth-order valence-electron chi connectivity index (χ4n) is 1.73. The van der Waals surface area contributed by atoms with Gasteiger partial charge >= 0.3 is 0 Å². The zero-order valence-corrected chi connectivity index (χ0v) is 8.59. The minimum Gasteiger partial charge on any atom is -0.370 e. The number of imidazole rings is 1. The van der Waals surface area contributed by atoms with Gasteiger partial charge in [0.2, 0.25) is 0 Å². The molecule has 72 valence electrons. The van der Waals surface area contributed by atoms with Crippen LogP contribution in [-0.2, 0) is 12.0 Å². The first kappa shape index (κ1) is 8.60. The van der Waals surface area contributed by atoms with Gasteiger partial charge in [-0.05, 0) is 33.6 Å². The van der Waals surface area contributed by atoms with Crippen LogP contribution in [0.4, 0.5) is 5.82 Å². The first-order valence-corrected chi connectivity index (χ1v) is 4.89. The Hall–Kier alpha value is -0.990. The molecule has 0 saturated heterocycles. The number of nitrogens with zero attached hydrogens (tertiary/aromatic N) is 2. The van der Waals surface area contributed by atoms with E-state index in [9.17, 15) is 0 Å². The van der Waals surface area contributed by atoms with E-state index in [4.69, 9.17) is 0 Å². The van der Waals surface area contributed by atoms with Gasteiger partial charge in [0, 0.05) is 12.1 Å². The Kier molecular flexibility index (Phi) is 1.82. The van der Waals surface area contributed by atoms with Crippen LogP contribution in [-0.4, -0.2) is 16.1 Å². The van der Waals surface area contributed by atoms with Gasteiger partial charge in [0.1, 0.15) is 5.82 Å². The van der Waals surface area contributed by atoms with E-state index in [1.807, 2.05) is 6.33 Å². The normalized spacial score (nSPS) is 16.5. The van der Waals surface area contributed by atoms with E-state index in [1.165, 1.54) is 17.9 Å². The van der Waals surface area contributed by atoms with E-state index < -0.39 is 0 Å². The average molecular weight is 179 g/mol. The Morgan fingerprint density at radius 3 is 2.92 bits per heavy atom. The molecule has 0 aromatic carbocycles. The summed E-state index contributed by atoms with van der Waals surface area (Å²) in [7, 11) is 0. The minimum absolute atomic E-state index is 0.130. The minimum atomic E-state index is 0.130. The average Bonchev–Trinajstić information content (AvgIpc) is 2.45. The molecule has 3 nitrogen and oxygen atoms in total. The van der Waals surface area contributed by atoms with Gasteiger partial charge < -0.3 is 9.88 Å². The van der Waals surface area contributed by atoms with E-state index in [0.29, 0.717) is 0 Å². The summed E-state index contributed by atoms with van der Waals surface area (Å²) < 4.78 is 2.22. The van der Waals surface area contributed by atoms with Gasteiger partial charge in [-0.15, -0.1) is 0 Å². The number of anilines is 1. The zero-order chi connectivity index (χ0) is 9.47. The molecule has 0 aliphatic carbocycles. The van der Waals surface area contributed by atoms with Crippen molar-refractivity contribution >= 4 is 5.82 Å². The lowest BCUT2D eigenvalue weighted by molar-refractivity contribution is 0.400. The molecule has 1 aliphatic rings. The van der Waals surface area contributed by atoms with Crippen LogP contribution in [0.25, 0.3) is 0 Å². The quantitative estimate of drug-likeness (QED) is 0.660. The Balaban J connectivity index is 2.43. The molecule has 0 amide bonds. The molecule has 0 radical (unpaired) electrons. The second-order valence-electron chi connectivity index (χ2n) is 4.61. The highest BCUT2D eigenvalue weighted by atomic mass is 15.2. The largest absolute Gasteiger partial charge is 0.370 e. The molecule has 0 spiro atoms. The van der Waals surface area contributed by atoms with Gasteiger partial charge in [0.15, 0.2) is 0 Å². The molecule has 0 fully saturated rings. The van der Waals surface area contributed by atoms with Crippen LogP contribution in [0, 0.1) is 0 Å². The van der Waals surface area contributed by atoms with Crippen molar-refractivity contribution in [3.8, 4) is 0 Å². The molecule has 0 bridgehead atoms. The fourth-order valence-corrected chi connectivity index (χ4v) is 1.73. The molecule has 1 aromatic rings. The van der Waals surface area contributed by atoms with Gasteiger partial charge in [0.25, 0.3) is 0 Å². The molecule has 0 saturated carbocycles.